The highest BCUT2D eigenvalue weighted by molar-refractivity contribution is 5.94. The molecular formula is C16H18FNO3. The van der Waals surface area contributed by atoms with Gasteiger partial charge in [0.25, 0.3) is 5.91 Å². The molecule has 0 spiro atoms. The average Bonchev–Trinajstić information content (AvgIpc) is 2.51. The maximum atomic E-state index is 13.9. The number of aliphatic hydroxyl groups excluding tert-OH is 1. The number of aliphatic hydroxyl groups is 1. The van der Waals surface area contributed by atoms with E-state index in [2.05, 4.69) is 17.2 Å². The highest BCUT2D eigenvalue weighted by atomic mass is 19.1. The van der Waals surface area contributed by atoms with Gasteiger partial charge in [0.2, 0.25) is 0 Å². The molecule has 0 aliphatic carbocycles. The number of benzene rings is 1. The minimum Gasteiger partial charge on any atom is -0.384 e. The van der Waals surface area contributed by atoms with Crippen molar-refractivity contribution in [2.75, 3.05) is 26.4 Å². The van der Waals surface area contributed by atoms with Crippen LogP contribution >= 0.6 is 0 Å². The summed E-state index contributed by atoms with van der Waals surface area (Å²) in [5.41, 5.74) is 0.444. The smallest absolute Gasteiger partial charge is 0.254 e. The molecule has 1 fully saturated rings. The summed E-state index contributed by atoms with van der Waals surface area (Å²) in [6, 6.07) is 4.18. The van der Waals surface area contributed by atoms with Crippen LogP contribution in [0, 0.1) is 23.6 Å². The van der Waals surface area contributed by atoms with E-state index in [0.29, 0.717) is 31.2 Å². The highest BCUT2D eigenvalue weighted by Crippen LogP contribution is 2.14. The molecule has 21 heavy (non-hydrogen) atoms. The molecule has 4 nitrogen and oxygen atoms in total. The first-order chi connectivity index (χ1) is 10.2. The Labute approximate surface area is 123 Å². The van der Waals surface area contributed by atoms with Crippen LogP contribution in [0.15, 0.2) is 18.2 Å². The molecule has 0 saturated carbocycles. The van der Waals surface area contributed by atoms with Crippen molar-refractivity contribution >= 4 is 5.91 Å². The molecule has 1 aromatic carbocycles. The van der Waals surface area contributed by atoms with E-state index in [0.717, 1.165) is 12.8 Å². The van der Waals surface area contributed by atoms with Crippen molar-refractivity contribution in [2.24, 2.45) is 5.92 Å². The van der Waals surface area contributed by atoms with Crippen molar-refractivity contribution < 1.29 is 19.0 Å². The lowest BCUT2D eigenvalue weighted by Crippen LogP contribution is -2.32. The number of carbonyl (C=O) groups is 1. The van der Waals surface area contributed by atoms with E-state index in [1.165, 1.54) is 12.1 Å². The SMILES string of the molecule is O=C(NCC1CCOCC1)c1ccc(C#CCO)cc1F. The summed E-state index contributed by atoms with van der Waals surface area (Å²) in [6.45, 7) is 1.68. The fourth-order valence-corrected chi connectivity index (χ4v) is 2.20. The third kappa shape index (κ3) is 4.55. The summed E-state index contributed by atoms with van der Waals surface area (Å²) in [6.07, 6.45) is 1.83. The van der Waals surface area contributed by atoms with Crippen LogP contribution in [0.4, 0.5) is 4.39 Å². The lowest BCUT2D eigenvalue weighted by Gasteiger charge is -2.22. The molecule has 2 rings (SSSR count). The topological polar surface area (TPSA) is 58.6 Å². The van der Waals surface area contributed by atoms with Crippen LogP contribution < -0.4 is 5.32 Å². The first-order valence-electron chi connectivity index (χ1n) is 6.96. The summed E-state index contributed by atoms with van der Waals surface area (Å²) < 4.78 is 19.1. The Morgan fingerprint density at radius 1 is 1.43 bits per heavy atom. The van der Waals surface area contributed by atoms with Crippen molar-refractivity contribution in [1.29, 1.82) is 0 Å². The summed E-state index contributed by atoms with van der Waals surface area (Å²) in [4.78, 5) is 12.0. The highest BCUT2D eigenvalue weighted by Gasteiger charge is 2.17. The minimum atomic E-state index is -0.607. The molecule has 1 heterocycles. The fraction of sp³-hybridized carbons (Fsp3) is 0.438. The largest absolute Gasteiger partial charge is 0.384 e. The molecule has 1 saturated heterocycles. The van der Waals surface area contributed by atoms with Gasteiger partial charge in [0.1, 0.15) is 12.4 Å². The van der Waals surface area contributed by atoms with Crippen LogP contribution in [0.1, 0.15) is 28.8 Å². The third-order valence-corrected chi connectivity index (χ3v) is 3.42. The number of rotatable bonds is 3. The number of halogens is 1. The van der Waals surface area contributed by atoms with Gasteiger partial charge in [-0.3, -0.25) is 4.79 Å². The third-order valence-electron chi connectivity index (χ3n) is 3.42. The predicted octanol–water partition coefficient (Wildman–Crippen LogP) is 1.33. The van der Waals surface area contributed by atoms with Crippen LogP contribution in [-0.2, 0) is 4.74 Å². The van der Waals surface area contributed by atoms with Gasteiger partial charge in [0, 0.05) is 25.3 Å². The van der Waals surface area contributed by atoms with E-state index < -0.39 is 11.7 Å². The molecule has 1 amide bonds. The standard InChI is InChI=1S/C16H18FNO3/c17-15-10-12(2-1-7-19)3-4-14(15)16(20)18-11-13-5-8-21-9-6-13/h3-4,10,13,19H,5-9,11H2,(H,18,20). The summed E-state index contributed by atoms with van der Waals surface area (Å²) in [7, 11) is 0. The fourth-order valence-electron chi connectivity index (χ4n) is 2.20. The summed E-state index contributed by atoms with van der Waals surface area (Å²) in [5.74, 6) is 4.40. The normalized spacial score (nSPS) is 15.1. The maximum absolute atomic E-state index is 13.9. The van der Waals surface area contributed by atoms with E-state index in [9.17, 15) is 9.18 Å². The molecule has 0 unspecified atom stereocenters. The maximum Gasteiger partial charge on any atom is 0.254 e. The Bertz CT molecular complexity index is 556. The Balaban J connectivity index is 1.95. The van der Waals surface area contributed by atoms with Gasteiger partial charge in [-0.05, 0) is 37.0 Å². The lowest BCUT2D eigenvalue weighted by atomic mass is 10.0. The van der Waals surface area contributed by atoms with Crippen LogP contribution in [0.5, 0.6) is 0 Å². The second-order valence-corrected chi connectivity index (χ2v) is 4.92. The van der Waals surface area contributed by atoms with Gasteiger partial charge in [-0.25, -0.2) is 4.39 Å². The number of carbonyl (C=O) groups excluding carboxylic acids is 1. The number of hydrogen-bond donors (Lipinski definition) is 2. The summed E-state index contributed by atoms with van der Waals surface area (Å²) in [5, 5.41) is 11.4. The molecule has 2 N–H and O–H groups in total. The zero-order valence-corrected chi connectivity index (χ0v) is 11.7. The minimum absolute atomic E-state index is 0.0107. The number of nitrogens with one attached hydrogen (secondary N) is 1. The first-order valence-corrected chi connectivity index (χ1v) is 6.96. The van der Waals surface area contributed by atoms with Crippen molar-refractivity contribution in [1.82, 2.24) is 5.32 Å². The van der Waals surface area contributed by atoms with Gasteiger partial charge >= 0.3 is 0 Å². The molecule has 1 aliphatic rings. The van der Waals surface area contributed by atoms with E-state index in [1.54, 1.807) is 6.07 Å². The van der Waals surface area contributed by atoms with Gasteiger partial charge in [-0.1, -0.05) is 11.8 Å². The molecule has 112 valence electrons. The zero-order valence-electron chi connectivity index (χ0n) is 11.7. The van der Waals surface area contributed by atoms with Crippen molar-refractivity contribution in [3.63, 3.8) is 0 Å². The van der Waals surface area contributed by atoms with Crippen LogP contribution in [0.25, 0.3) is 0 Å². The van der Waals surface area contributed by atoms with Gasteiger partial charge in [-0.2, -0.15) is 0 Å². The molecule has 1 aromatic rings. The molecule has 0 atom stereocenters. The number of ether oxygens (including phenoxy) is 1. The number of amides is 1. The van der Waals surface area contributed by atoms with E-state index in [-0.39, 0.29) is 12.2 Å². The molecule has 1 aliphatic heterocycles. The van der Waals surface area contributed by atoms with Gasteiger partial charge in [0.05, 0.1) is 5.56 Å². The second kappa shape index (κ2) is 7.77. The monoisotopic (exact) mass is 291 g/mol. The van der Waals surface area contributed by atoms with Gasteiger partial charge in [0.15, 0.2) is 0 Å². The van der Waals surface area contributed by atoms with Crippen LogP contribution in [0.2, 0.25) is 0 Å². The first kappa shape index (κ1) is 15.5. The van der Waals surface area contributed by atoms with Crippen LogP contribution in [0.3, 0.4) is 0 Å². The molecular weight excluding hydrogens is 273 g/mol. The second-order valence-electron chi connectivity index (χ2n) is 4.92. The van der Waals surface area contributed by atoms with E-state index >= 15 is 0 Å². The molecule has 0 bridgehead atoms. The molecule has 0 aromatic heterocycles. The van der Waals surface area contributed by atoms with E-state index in [4.69, 9.17) is 9.84 Å². The van der Waals surface area contributed by atoms with Gasteiger partial charge < -0.3 is 15.2 Å². The zero-order chi connectivity index (χ0) is 15.1. The van der Waals surface area contributed by atoms with Crippen molar-refractivity contribution in [3.05, 3.63) is 35.1 Å². The average molecular weight is 291 g/mol. The van der Waals surface area contributed by atoms with Gasteiger partial charge in [-0.15, -0.1) is 0 Å². The lowest BCUT2D eigenvalue weighted by molar-refractivity contribution is 0.0642. The van der Waals surface area contributed by atoms with E-state index in [1.807, 2.05) is 0 Å². The van der Waals surface area contributed by atoms with Crippen LogP contribution in [-0.4, -0.2) is 37.4 Å². The Hall–Kier alpha value is -1.90. The Morgan fingerprint density at radius 3 is 2.86 bits per heavy atom. The quantitative estimate of drug-likeness (QED) is 0.826. The van der Waals surface area contributed by atoms with Crippen molar-refractivity contribution in [2.45, 2.75) is 12.8 Å². The van der Waals surface area contributed by atoms with Crippen molar-refractivity contribution in [3.8, 4) is 11.8 Å². The summed E-state index contributed by atoms with van der Waals surface area (Å²) >= 11 is 0. The molecule has 0 radical (unpaired) electrons. The Kier molecular flexibility index (Phi) is 5.73. The predicted molar refractivity (Wildman–Crippen MR) is 76.2 cm³/mol. The number of hydrogen-bond acceptors (Lipinski definition) is 3. The molecule has 5 heteroatoms. The Morgan fingerprint density at radius 2 is 2.19 bits per heavy atom.